The van der Waals surface area contributed by atoms with E-state index in [1.807, 2.05) is 6.92 Å². The van der Waals surface area contributed by atoms with Crippen molar-refractivity contribution in [3.8, 4) is 17.0 Å². The van der Waals surface area contributed by atoms with Gasteiger partial charge in [0.1, 0.15) is 23.9 Å². The van der Waals surface area contributed by atoms with Gasteiger partial charge in [0.2, 0.25) is 5.91 Å². The Hall–Kier alpha value is -2.87. The Kier molecular flexibility index (Phi) is 6.80. The monoisotopic (exact) mass is 390 g/mol. The minimum absolute atomic E-state index is 0.0201. The number of aromatic nitrogens is 2. The first kappa shape index (κ1) is 21.4. The van der Waals surface area contributed by atoms with Gasteiger partial charge in [-0.1, -0.05) is 5.57 Å². The number of pyridine rings is 2. The summed E-state index contributed by atoms with van der Waals surface area (Å²) in [6.45, 7) is 8.82. The number of alkyl halides is 2. The number of nitrogens with zero attached hydrogens (tertiary/aromatic N) is 2. The van der Waals surface area contributed by atoms with Crippen LogP contribution in [0.4, 0.5) is 14.6 Å². The fraction of sp³-hybridized carbons (Fsp3) is 0.350. The Morgan fingerprint density at radius 1 is 1.36 bits per heavy atom. The zero-order valence-electron chi connectivity index (χ0n) is 16.1. The average molecular weight is 390 g/mol. The van der Waals surface area contributed by atoms with Crippen LogP contribution in [0.5, 0.6) is 5.75 Å². The van der Waals surface area contributed by atoms with E-state index >= 15 is 0 Å². The molecule has 2 heterocycles. The van der Waals surface area contributed by atoms with E-state index in [1.54, 1.807) is 25.1 Å². The second kappa shape index (κ2) is 8.88. The SMILES string of the molecule is C=C(C)CC(C)(N)COc1ccc(-c2ccnc(NC(C)=O)c2)nc1C(F)F. The van der Waals surface area contributed by atoms with Crippen LogP contribution in [0, 0.1) is 0 Å². The van der Waals surface area contributed by atoms with Gasteiger partial charge in [-0.15, -0.1) is 6.58 Å². The van der Waals surface area contributed by atoms with Crippen LogP contribution in [0.1, 0.15) is 39.3 Å². The lowest BCUT2D eigenvalue weighted by atomic mass is 9.96. The van der Waals surface area contributed by atoms with Crippen LogP contribution in [-0.2, 0) is 4.79 Å². The van der Waals surface area contributed by atoms with Gasteiger partial charge in [0.15, 0.2) is 0 Å². The van der Waals surface area contributed by atoms with Crippen molar-refractivity contribution in [2.75, 3.05) is 11.9 Å². The predicted molar refractivity (Wildman–Crippen MR) is 104 cm³/mol. The summed E-state index contributed by atoms with van der Waals surface area (Å²) < 4.78 is 32.6. The van der Waals surface area contributed by atoms with Crippen molar-refractivity contribution < 1.29 is 18.3 Å². The number of carbonyl (C=O) groups is 1. The number of anilines is 1. The van der Waals surface area contributed by atoms with Gasteiger partial charge < -0.3 is 15.8 Å². The molecular weight excluding hydrogens is 366 g/mol. The molecule has 28 heavy (non-hydrogen) atoms. The van der Waals surface area contributed by atoms with Gasteiger partial charge in [-0.3, -0.25) is 4.79 Å². The van der Waals surface area contributed by atoms with Crippen LogP contribution in [0.25, 0.3) is 11.3 Å². The van der Waals surface area contributed by atoms with Gasteiger partial charge in [-0.05, 0) is 44.5 Å². The third kappa shape index (κ3) is 6.09. The Bertz CT molecular complexity index is 869. The lowest BCUT2D eigenvalue weighted by Gasteiger charge is -2.25. The lowest BCUT2D eigenvalue weighted by molar-refractivity contribution is -0.114. The smallest absolute Gasteiger partial charge is 0.284 e. The van der Waals surface area contributed by atoms with E-state index in [9.17, 15) is 13.6 Å². The van der Waals surface area contributed by atoms with Gasteiger partial charge in [0.05, 0.1) is 11.2 Å². The number of ether oxygens (including phenoxy) is 1. The highest BCUT2D eigenvalue weighted by molar-refractivity contribution is 5.88. The molecule has 0 bridgehead atoms. The summed E-state index contributed by atoms with van der Waals surface area (Å²) in [5, 5.41) is 2.54. The number of carbonyl (C=O) groups excluding carboxylic acids is 1. The largest absolute Gasteiger partial charge is 0.490 e. The number of halogens is 2. The molecule has 1 atom stereocenters. The first-order valence-corrected chi connectivity index (χ1v) is 8.66. The molecule has 0 spiro atoms. The van der Waals surface area contributed by atoms with E-state index in [-0.39, 0.29) is 18.3 Å². The molecule has 0 aliphatic rings. The van der Waals surface area contributed by atoms with E-state index < -0.39 is 17.7 Å². The van der Waals surface area contributed by atoms with Gasteiger partial charge >= 0.3 is 0 Å². The number of amides is 1. The average Bonchev–Trinajstić information content (AvgIpc) is 2.58. The second-order valence-corrected chi connectivity index (χ2v) is 7.07. The zero-order valence-corrected chi connectivity index (χ0v) is 16.1. The maximum Gasteiger partial charge on any atom is 0.284 e. The number of nitrogens with one attached hydrogen (secondary N) is 1. The lowest BCUT2D eigenvalue weighted by Crippen LogP contribution is -2.42. The Balaban J connectivity index is 2.28. The van der Waals surface area contributed by atoms with E-state index in [2.05, 4.69) is 21.9 Å². The fourth-order valence-electron chi connectivity index (χ4n) is 2.72. The van der Waals surface area contributed by atoms with Crippen LogP contribution in [-0.4, -0.2) is 28.0 Å². The molecule has 0 saturated carbocycles. The van der Waals surface area contributed by atoms with Crippen molar-refractivity contribution in [1.29, 1.82) is 0 Å². The van der Waals surface area contributed by atoms with Gasteiger partial charge in [-0.2, -0.15) is 0 Å². The Morgan fingerprint density at radius 2 is 2.07 bits per heavy atom. The summed E-state index contributed by atoms with van der Waals surface area (Å²) in [5.41, 5.74) is 6.66. The summed E-state index contributed by atoms with van der Waals surface area (Å²) in [5.74, 6) is 0.00641. The van der Waals surface area contributed by atoms with Crippen LogP contribution >= 0.6 is 0 Å². The highest BCUT2D eigenvalue weighted by atomic mass is 19.3. The summed E-state index contributed by atoms with van der Waals surface area (Å²) in [6, 6.07) is 6.19. The number of rotatable bonds is 8. The maximum atomic E-state index is 13.5. The van der Waals surface area contributed by atoms with Gasteiger partial charge in [0, 0.05) is 18.7 Å². The molecule has 0 aliphatic heterocycles. The normalized spacial score (nSPS) is 13.1. The van der Waals surface area contributed by atoms with Crippen molar-refractivity contribution in [2.45, 2.75) is 39.2 Å². The number of nitrogens with two attached hydrogens (primary N) is 1. The molecule has 0 radical (unpaired) electrons. The highest BCUT2D eigenvalue weighted by Gasteiger charge is 2.23. The van der Waals surface area contributed by atoms with E-state index in [1.165, 1.54) is 19.2 Å². The molecule has 0 aromatic carbocycles. The van der Waals surface area contributed by atoms with Crippen LogP contribution in [0.3, 0.4) is 0 Å². The van der Waals surface area contributed by atoms with Gasteiger partial charge in [0.25, 0.3) is 6.43 Å². The minimum Gasteiger partial charge on any atom is -0.490 e. The number of hydrogen-bond acceptors (Lipinski definition) is 5. The van der Waals surface area contributed by atoms with Crippen LogP contribution in [0.15, 0.2) is 42.6 Å². The zero-order chi connectivity index (χ0) is 20.9. The molecule has 1 amide bonds. The predicted octanol–water partition coefficient (Wildman–Crippen LogP) is 4.10. The van der Waals surface area contributed by atoms with Crippen molar-refractivity contribution in [3.05, 3.63) is 48.3 Å². The highest BCUT2D eigenvalue weighted by Crippen LogP contribution is 2.31. The molecule has 3 N–H and O–H groups in total. The molecule has 0 saturated heterocycles. The Morgan fingerprint density at radius 3 is 2.68 bits per heavy atom. The summed E-state index contributed by atoms with van der Waals surface area (Å²) in [4.78, 5) is 19.2. The molecule has 0 aliphatic carbocycles. The van der Waals surface area contributed by atoms with E-state index in [0.29, 0.717) is 23.5 Å². The Labute approximate surface area is 162 Å². The van der Waals surface area contributed by atoms with Crippen LogP contribution < -0.4 is 15.8 Å². The van der Waals surface area contributed by atoms with E-state index in [4.69, 9.17) is 10.5 Å². The van der Waals surface area contributed by atoms with E-state index in [0.717, 1.165) is 5.57 Å². The standard InChI is InChI=1S/C20H24F2N4O2/c1-12(2)10-20(4,23)11-28-16-6-5-15(26-18(16)19(21)22)14-7-8-24-17(9-14)25-13(3)27/h5-9,19H,1,10-11,23H2,2-4H3,(H,24,25,27). The first-order valence-electron chi connectivity index (χ1n) is 8.66. The summed E-state index contributed by atoms with van der Waals surface area (Å²) >= 11 is 0. The second-order valence-electron chi connectivity index (χ2n) is 7.07. The molecule has 0 fully saturated rings. The topological polar surface area (TPSA) is 90.1 Å². The molecular formula is C20H24F2N4O2. The minimum atomic E-state index is -2.82. The molecule has 8 heteroatoms. The maximum absolute atomic E-state index is 13.5. The third-order valence-corrected chi connectivity index (χ3v) is 3.72. The molecule has 1 unspecified atom stereocenters. The van der Waals surface area contributed by atoms with Crippen molar-refractivity contribution in [3.63, 3.8) is 0 Å². The molecule has 2 aromatic heterocycles. The number of hydrogen-bond donors (Lipinski definition) is 2. The molecule has 150 valence electrons. The third-order valence-electron chi connectivity index (χ3n) is 3.72. The molecule has 6 nitrogen and oxygen atoms in total. The van der Waals surface area contributed by atoms with Crippen molar-refractivity contribution >= 4 is 11.7 Å². The van der Waals surface area contributed by atoms with Crippen molar-refractivity contribution in [1.82, 2.24) is 9.97 Å². The first-order chi connectivity index (χ1) is 13.1. The summed E-state index contributed by atoms with van der Waals surface area (Å²) in [7, 11) is 0. The van der Waals surface area contributed by atoms with Crippen LogP contribution in [0.2, 0.25) is 0 Å². The molecule has 2 aromatic rings. The summed E-state index contributed by atoms with van der Waals surface area (Å²) in [6.07, 6.45) is -0.853. The quantitative estimate of drug-likeness (QED) is 0.662. The van der Waals surface area contributed by atoms with Crippen molar-refractivity contribution in [2.24, 2.45) is 5.73 Å². The fourth-order valence-corrected chi connectivity index (χ4v) is 2.72. The van der Waals surface area contributed by atoms with Gasteiger partial charge in [-0.25, -0.2) is 18.7 Å². The molecule has 2 rings (SSSR count).